The van der Waals surface area contributed by atoms with Crippen LogP contribution in [0.5, 0.6) is 0 Å². The molecule has 32 valence electrons. The maximum atomic E-state index is 3.19. The van der Waals surface area contributed by atoms with Gasteiger partial charge in [0.1, 0.15) is 0 Å². The van der Waals surface area contributed by atoms with Gasteiger partial charge in [-0.05, 0) is 0 Å². The lowest BCUT2D eigenvalue weighted by Gasteiger charge is -2.05. The lowest BCUT2D eigenvalue weighted by molar-refractivity contribution is 4.79. The van der Waals surface area contributed by atoms with Crippen molar-refractivity contribution >= 4 is 64.5 Å². The van der Waals surface area contributed by atoms with Crippen molar-refractivity contribution in [2.45, 2.75) is 0 Å². The summed E-state index contributed by atoms with van der Waals surface area (Å²) in [7, 11) is 0. The molecule has 0 radical (unpaired) electrons. The zero-order chi connectivity index (χ0) is 4.50. The first-order chi connectivity index (χ1) is 2.00. The average molecular weight is 330 g/mol. The summed E-state index contributed by atoms with van der Waals surface area (Å²) in [6.07, 6.45) is 0. The Morgan fingerprint density at radius 2 is 0.800 bits per heavy atom. The van der Waals surface area contributed by atoms with E-state index in [0.717, 1.165) is 0 Å². The number of hydrogen-bond acceptors (Lipinski definition) is 0. The molecule has 5 heteroatoms. The Balaban J connectivity index is 3.02. The number of halogens is 4. The van der Waals surface area contributed by atoms with Crippen LogP contribution in [0.15, 0.2) is 0 Å². The summed E-state index contributed by atoms with van der Waals surface area (Å²) in [5.41, 5.74) is 0. The van der Waals surface area contributed by atoms with Crippen LogP contribution in [-0.2, 0) is 0 Å². The summed E-state index contributed by atoms with van der Waals surface area (Å²) < 4.78 is -0.750. The Hall–Kier alpha value is 1.98. The number of rotatable bonds is 0. The molecular weight excluding hydrogens is 330 g/mol. The molecular formula is BBr4-. The Morgan fingerprint density at radius 1 is 0.800 bits per heavy atom. The quantitative estimate of drug-likeness (QED) is 0.599. The van der Waals surface area contributed by atoms with Crippen molar-refractivity contribution in [3.8, 4) is 0 Å². The van der Waals surface area contributed by atoms with Crippen LogP contribution >= 0.6 is 63.0 Å². The molecule has 0 N–H and O–H groups in total. The molecule has 0 amide bonds. The van der Waals surface area contributed by atoms with Gasteiger partial charge in [0.2, 0.25) is 1.44 Å². The van der Waals surface area contributed by atoms with Gasteiger partial charge in [-0.1, -0.05) is 0 Å². The standard InChI is InChI=1S/BBr4/c2-1(3,4)5/q-1. The van der Waals surface area contributed by atoms with Gasteiger partial charge in [0, 0.05) is 0 Å². The lowest BCUT2D eigenvalue weighted by atomic mass is 10.8. The highest BCUT2D eigenvalue weighted by Crippen LogP contribution is 2.33. The molecule has 0 aromatic carbocycles. The van der Waals surface area contributed by atoms with Crippen molar-refractivity contribution < 1.29 is 0 Å². The van der Waals surface area contributed by atoms with E-state index in [1.807, 2.05) is 0 Å². The summed E-state index contributed by atoms with van der Waals surface area (Å²) in [5, 5.41) is 0. The van der Waals surface area contributed by atoms with Crippen molar-refractivity contribution in [1.29, 1.82) is 0 Å². The fourth-order valence-corrected chi connectivity index (χ4v) is 0. The molecule has 0 fully saturated rings. The predicted molar refractivity (Wildman–Crippen MR) is 41.5 cm³/mol. The summed E-state index contributed by atoms with van der Waals surface area (Å²) in [5.74, 6) is 0. The van der Waals surface area contributed by atoms with E-state index in [1.165, 1.54) is 0 Å². The van der Waals surface area contributed by atoms with E-state index >= 15 is 0 Å². The summed E-state index contributed by atoms with van der Waals surface area (Å²) in [6.45, 7) is 0. The molecule has 0 aliphatic rings. The highest BCUT2D eigenvalue weighted by atomic mass is 80.0. The van der Waals surface area contributed by atoms with Gasteiger partial charge in [-0.3, -0.25) is 0 Å². The van der Waals surface area contributed by atoms with Crippen LogP contribution in [0.2, 0.25) is 0 Å². The summed E-state index contributed by atoms with van der Waals surface area (Å²) >= 11 is 12.8. The van der Waals surface area contributed by atoms with Crippen LogP contribution in [0, 0.1) is 0 Å². The van der Waals surface area contributed by atoms with E-state index in [9.17, 15) is 0 Å². The van der Waals surface area contributed by atoms with Crippen LogP contribution in [0.25, 0.3) is 0 Å². The van der Waals surface area contributed by atoms with Gasteiger partial charge in [-0.25, -0.2) is 0 Å². The predicted octanol–water partition coefficient (Wildman–Crippen LogP) is 3.00. The largest absolute Gasteiger partial charge is 0.311 e. The van der Waals surface area contributed by atoms with Gasteiger partial charge in [0.15, 0.2) is 0 Å². The average Bonchev–Trinajstić information content (AvgIpc) is 0.722. The van der Waals surface area contributed by atoms with E-state index in [1.54, 1.807) is 0 Å². The molecule has 0 bridgehead atoms. The van der Waals surface area contributed by atoms with Crippen molar-refractivity contribution in [3.05, 3.63) is 0 Å². The van der Waals surface area contributed by atoms with E-state index in [2.05, 4.69) is 63.0 Å². The highest BCUT2D eigenvalue weighted by molar-refractivity contribution is 9.90. The molecule has 0 aromatic heterocycles. The number of hydrogen-bond donors (Lipinski definition) is 0. The van der Waals surface area contributed by atoms with Gasteiger partial charge in [0.25, 0.3) is 0 Å². The molecule has 0 rings (SSSR count). The molecule has 0 nitrogen and oxygen atoms in total. The minimum absolute atomic E-state index is 0.750. The molecule has 0 unspecified atom stereocenters. The van der Waals surface area contributed by atoms with Gasteiger partial charge in [-0.15, -0.1) is 0 Å². The maximum absolute atomic E-state index is 3.19. The molecule has 0 atom stereocenters. The van der Waals surface area contributed by atoms with Crippen LogP contribution in [-0.4, -0.2) is 1.44 Å². The minimum atomic E-state index is -0.750. The van der Waals surface area contributed by atoms with Gasteiger partial charge < -0.3 is 63.0 Å². The van der Waals surface area contributed by atoms with E-state index in [-0.39, 0.29) is 0 Å². The monoisotopic (exact) mass is 327 g/mol. The first-order valence-corrected chi connectivity index (χ1v) is 4.54. The van der Waals surface area contributed by atoms with E-state index in [4.69, 9.17) is 0 Å². The van der Waals surface area contributed by atoms with Gasteiger partial charge in [0.05, 0.1) is 0 Å². The molecule has 0 spiro atoms. The Bertz CT molecular complexity index is 19.1. The van der Waals surface area contributed by atoms with Crippen molar-refractivity contribution in [2.24, 2.45) is 0 Å². The second-order valence-electron chi connectivity index (χ2n) is 0.495. The first-order valence-electron chi connectivity index (χ1n) is 0.873. The minimum Gasteiger partial charge on any atom is -0.311 e. The van der Waals surface area contributed by atoms with Gasteiger partial charge in [-0.2, -0.15) is 0 Å². The molecule has 0 saturated carbocycles. The maximum Gasteiger partial charge on any atom is 0.246 e. The van der Waals surface area contributed by atoms with Crippen LogP contribution in [0.1, 0.15) is 0 Å². The normalized spacial score (nSPS) is 12.0. The van der Waals surface area contributed by atoms with Gasteiger partial charge >= 0.3 is 0 Å². The molecule has 0 aromatic rings. The summed E-state index contributed by atoms with van der Waals surface area (Å²) in [4.78, 5) is 0. The zero-order valence-corrected chi connectivity index (χ0v) is 8.43. The second kappa shape index (κ2) is 2.33. The lowest BCUT2D eigenvalue weighted by Crippen LogP contribution is -1.86. The molecule has 0 aliphatic heterocycles. The third-order valence-electron chi connectivity index (χ3n) is 0. The fourth-order valence-electron chi connectivity index (χ4n) is 0. The smallest absolute Gasteiger partial charge is 0.246 e. The SMILES string of the molecule is Br[B-](Br)(Br)Br. The Kier molecular flexibility index (Phi) is 3.26. The van der Waals surface area contributed by atoms with Crippen molar-refractivity contribution in [3.63, 3.8) is 0 Å². The third kappa shape index (κ3) is 24.1. The zero-order valence-electron chi connectivity index (χ0n) is 2.09. The molecule has 0 heterocycles. The first kappa shape index (κ1) is 6.98. The van der Waals surface area contributed by atoms with Crippen LogP contribution in [0.4, 0.5) is 0 Å². The Labute approximate surface area is 63.9 Å². The Morgan fingerprint density at radius 3 is 0.800 bits per heavy atom. The van der Waals surface area contributed by atoms with E-state index in [0.29, 0.717) is 0 Å². The van der Waals surface area contributed by atoms with E-state index < -0.39 is 1.44 Å². The third-order valence-corrected chi connectivity index (χ3v) is 0. The fraction of sp³-hybridized carbons (Fsp3) is 0. The van der Waals surface area contributed by atoms with Crippen LogP contribution in [0.3, 0.4) is 0 Å². The highest BCUT2D eigenvalue weighted by Gasteiger charge is 1.99. The topological polar surface area (TPSA) is 0 Å². The van der Waals surface area contributed by atoms with Crippen molar-refractivity contribution in [1.82, 2.24) is 0 Å². The molecule has 0 saturated heterocycles. The van der Waals surface area contributed by atoms with Crippen molar-refractivity contribution in [2.75, 3.05) is 0 Å². The summed E-state index contributed by atoms with van der Waals surface area (Å²) in [6, 6.07) is 0. The van der Waals surface area contributed by atoms with Crippen LogP contribution < -0.4 is 0 Å². The second-order valence-corrected chi connectivity index (χ2v) is 13.4. The molecule has 5 heavy (non-hydrogen) atoms. The molecule has 0 aliphatic carbocycles.